The van der Waals surface area contributed by atoms with Gasteiger partial charge in [0.25, 0.3) is 0 Å². The van der Waals surface area contributed by atoms with Crippen molar-refractivity contribution in [1.29, 1.82) is 0 Å². The second kappa shape index (κ2) is 16.4. The molecule has 184 valence electrons. The molecule has 0 saturated carbocycles. The molecule has 3 N–H and O–H groups in total. The van der Waals surface area contributed by atoms with E-state index in [1.165, 1.54) is 18.6 Å². The number of nitrogens with one attached hydrogen (secondary N) is 1. The highest BCUT2D eigenvalue weighted by atomic mass is 16.6. The number of phenols is 2. The summed E-state index contributed by atoms with van der Waals surface area (Å²) in [7, 11) is 0. The fourth-order valence-electron chi connectivity index (χ4n) is 2.49. The Morgan fingerprint density at radius 2 is 1.75 bits per heavy atom. The third-order valence-electron chi connectivity index (χ3n) is 4.33. The zero-order valence-electron chi connectivity index (χ0n) is 20.7. The number of aromatic hydroxyl groups is 2. The zero-order valence-corrected chi connectivity index (χ0v) is 20.7. The molecule has 32 heavy (non-hydrogen) atoms. The van der Waals surface area contributed by atoms with Gasteiger partial charge in [-0.25, -0.2) is 0 Å². The SMILES string of the molecule is CC(C)CCOC(C)(C)COC(=O)CCCC(=O)NCCc1ccc(O)c(O)c1.CCC. The molecule has 1 amide bonds. The van der Waals surface area contributed by atoms with Crippen molar-refractivity contribution in [2.24, 2.45) is 5.92 Å². The maximum absolute atomic E-state index is 11.9. The largest absolute Gasteiger partial charge is 0.504 e. The minimum atomic E-state index is -0.523. The first-order valence-electron chi connectivity index (χ1n) is 11.6. The molecule has 0 saturated heterocycles. The van der Waals surface area contributed by atoms with Crippen molar-refractivity contribution in [3.63, 3.8) is 0 Å². The molecule has 0 bridgehead atoms. The van der Waals surface area contributed by atoms with E-state index in [0.717, 1.165) is 12.0 Å². The first-order chi connectivity index (χ1) is 15.0. The molecule has 0 unspecified atom stereocenters. The van der Waals surface area contributed by atoms with E-state index in [9.17, 15) is 19.8 Å². The van der Waals surface area contributed by atoms with Crippen molar-refractivity contribution < 1.29 is 29.3 Å². The highest BCUT2D eigenvalue weighted by Gasteiger charge is 2.21. The Balaban J connectivity index is 0.00000302. The van der Waals surface area contributed by atoms with Crippen molar-refractivity contribution in [3.05, 3.63) is 23.8 Å². The molecular formula is C25H43NO6. The van der Waals surface area contributed by atoms with Gasteiger partial charge in [0.2, 0.25) is 5.91 Å². The number of carbonyl (C=O) groups excluding carboxylic acids is 2. The Kier molecular flexibility index (Phi) is 15.2. The lowest BCUT2D eigenvalue weighted by Gasteiger charge is -2.25. The average Bonchev–Trinajstić information content (AvgIpc) is 2.69. The number of hydrogen-bond acceptors (Lipinski definition) is 6. The van der Waals surface area contributed by atoms with Gasteiger partial charge in [0, 0.05) is 26.0 Å². The van der Waals surface area contributed by atoms with Crippen LogP contribution in [0.5, 0.6) is 11.5 Å². The summed E-state index contributed by atoms with van der Waals surface area (Å²) in [6, 6.07) is 4.56. The summed E-state index contributed by atoms with van der Waals surface area (Å²) in [6.45, 7) is 13.5. The van der Waals surface area contributed by atoms with Crippen molar-refractivity contribution in [3.8, 4) is 11.5 Å². The molecule has 7 nitrogen and oxygen atoms in total. The van der Waals surface area contributed by atoms with Crippen molar-refractivity contribution in [1.82, 2.24) is 5.32 Å². The van der Waals surface area contributed by atoms with E-state index in [1.807, 2.05) is 13.8 Å². The van der Waals surface area contributed by atoms with Gasteiger partial charge in [-0.05, 0) is 56.7 Å². The molecule has 0 aliphatic heterocycles. The first kappa shape index (κ1) is 29.7. The molecule has 0 spiro atoms. The monoisotopic (exact) mass is 453 g/mol. The summed E-state index contributed by atoms with van der Waals surface area (Å²) in [6.07, 6.45) is 3.58. The van der Waals surface area contributed by atoms with E-state index >= 15 is 0 Å². The van der Waals surface area contributed by atoms with Crippen LogP contribution >= 0.6 is 0 Å². The van der Waals surface area contributed by atoms with Crippen LogP contribution in [-0.2, 0) is 25.5 Å². The second-order valence-electron chi connectivity index (χ2n) is 8.94. The maximum atomic E-state index is 11.9. The van der Waals surface area contributed by atoms with Crippen LogP contribution in [0, 0.1) is 5.92 Å². The van der Waals surface area contributed by atoms with E-state index in [4.69, 9.17) is 9.47 Å². The highest BCUT2D eigenvalue weighted by Crippen LogP contribution is 2.24. The molecule has 1 aromatic rings. The van der Waals surface area contributed by atoms with Gasteiger partial charge in [0.1, 0.15) is 6.61 Å². The third-order valence-corrected chi connectivity index (χ3v) is 4.33. The standard InChI is InChI=1S/C22H35NO6.C3H8/c1-16(2)11-13-29-22(3,4)15-28-21(27)7-5-6-20(26)23-12-10-17-8-9-18(24)19(25)14-17;1-3-2/h8-9,14,16,24-25H,5-7,10-13,15H2,1-4H3,(H,23,26);3H2,1-2H3. The average molecular weight is 454 g/mol. The normalized spacial score (nSPS) is 11.0. The Labute approximate surface area is 193 Å². The minimum Gasteiger partial charge on any atom is -0.504 e. The van der Waals surface area contributed by atoms with Crippen LogP contribution in [0.25, 0.3) is 0 Å². The molecule has 7 heteroatoms. The van der Waals surface area contributed by atoms with Crippen LogP contribution in [0.1, 0.15) is 79.2 Å². The smallest absolute Gasteiger partial charge is 0.305 e. The van der Waals surface area contributed by atoms with Crippen LogP contribution < -0.4 is 5.32 Å². The molecule has 0 aromatic heterocycles. The summed E-state index contributed by atoms with van der Waals surface area (Å²) in [5.41, 5.74) is 0.285. The number of esters is 1. The molecule has 0 atom stereocenters. The van der Waals surface area contributed by atoms with Crippen molar-refractivity contribution >= 4 is 11.9 Å². The number of phenolic OH excluding ortho intramolecular Hbond substituents is 2. The van der Waals surface area contributed by atoms with Crippen LogP contribution in [0.4, 0.5) is 0 Å². The van der Waals surface area contributed by atoms with Gasteiger partial charge in [0.15, 0.2) is 11.5 Å². The number of carbonyl (C=O) groups is 2. The number of ether oxygens (including phenoxy) is 2. The lowest BCUT2D eigenvalue weighted by Crippen LogP contribution is -2.32. The lowest BCUT2D eigenvalue weighted by molar-refractivity contribution is -0.153. The topological polar surface area (TPSA) is 105 Å². The van der Waals surface area contributed by atoms with E-state index < -0.39 is 5.60 Å². The van der Waals surface area contributed by atoms with E-state index in [0.29, 0.717) is 31.9 Å². The molecule has 0 heterocycles. The lowest BCUT2D eigenvalue weighted by atomic mass is 10.1. The summed E-state index contributed by atoms with van der Waals surface area (Å²) in [5.74, 6) is -0.264. The molecular weight excluding hydrogens is 410 g/mol. The van der Waals surface area contributed by atoms with Gasteiger partial charge in [-0.2, -0.15) is 0 Å². The Bertz CT molecular complexity index is 672. The van der Waals surface area contributed by atoms with E-state index in [1.54, 1.807) is 6.07 Å². The first-order valence-corrected chi connectivity index (χ1v) is 11.6. The quantitative estimate of drug-likeness (QED) is 0.295. The number of benzene rings is 1. The molecule has 0 radical (unpaired) electrons. The summed E-state index contributed by atoms with van der Waals surface area (Å²) >= 11 is 0. The Hall–Kier alpha value is -2.28. The number of amides is 1. The number of hydrogen-bond donors (Lipinski definition) is 3. The third kappa shape index (κ3) is 15.5. The van der Waals surface area contributed by atoms with Crippen LogP contribution in [0.2, 0.25) is 0 Å². The van der Waals surface area contributed by atoms with E-state index in [-0.39, 0.29) is 42.8 Å². The predicted octanol–water partition coefficient (Wildman–Crippen LogP) is 4.73. The van der Waals surface area contributed by atoms with Crippen LogP contribution in [-0.4, -0.2) is 47.4 Å². The van der Waals surface area contributed by atoms with Crippen LogP contribution in [0.15, 0.2) is 18.2 Å². The summed E-state index contributed by atoms with van der Waals surface area (Å²) in [5, 5.41) is 21.5. The number of rotatable bonds is 13. The summed E-state index contributed by atoms with van der Waals surface area (Å²) < 4.78 is 11.0. The van der Waals surface area contributed by atoms with Crippen molar-refractivity contribution in [2.45, 2.75) is 85.7 Å². The van der Waals surface area contributed by atoms with Gasteiger partial charge < -0.3 is 25.0 Å². The predicted molar refractivity (Wildman–Crippen MR) is 127 cm³/mol. The van der Waals surface area contributed by atoms with Gasteiger partial charge >= 0.3 is 5.97 Å². The fraction of sp³-hybridized carbons (Fsp3) is 0.680. The zero-order chi connectivity index (χ0) is 24.6. The van der Waals surface area contributed by atoms with Crippen LogP contribution in [0.3, 0.4) is 0 Å². The molecule has 0 aliphatic carbocycles. The molecule has 0 aliphatic rings. The Morgan fingerprint density at radius 1 is 1.09 bits per heavy atom. The van der Waals surface area contributed by atoms with E-state index in [2.05, 4.69) is 33.0 Å². The maximum Gasteiger partial charge on any atom is 0.305 e. The van der Waals surface area contributed by atoms with Gasteiger partial charge in [0.05, 0.1) is 5.60 Å². The van der Waals surface area contributed by atoms with Crippen molar-refractivity contribution in [2.75, 3.05) is 19.8 Å². The highest BCUT2D eigenvalue weighted by molar-refractivity contribution is 5.77. The second-order valence-corrected chi connectivity index (χ2v) is 8.94. The molecule has 1 aromatic carbocycles. The Morgan fingerprint density at radius 3 is 2.34 bits per heavy atom. The molecule has 0 fully saturated rings. The van der Waals surface area contributed by atoms with Gasteiger partial charge in [-0.3, -0.25) is 9.59 Å². The minimum absolute atomic E-state index is 0.141. The van der Waals surface area contributed by atoms with Gasteiger partial charge in [-0.15, -0.1) is 0 Å². The summed E-state index contributed by atoms with van der Waals surface area (Å²) in [4.78, 5) is 23.7. The fourth-order valence-corrected chi connectivity index (χ4v) is 2.49. The van der Waals surface area contributed by atoms with Gasteiger partial charge in [-0.1, -0.05) is 40.2 Å². The molecule has 1 rings (SSSR count).